The highest BCUT2D eigenvalue weighted by molar-refractivity contribution is 9.10. The molecule has 6 heteroatoms. The lowest BCUT2D eigenvalue weighted by Crippen LogP contribution is -2.40. The van der Waals surface area contributed by atoms with Gasteiger partial charge in [-0.05, 0) is 38.6 Å². The quantitative estimate of drug-likeness (QED) is 0.629. The molecule has 104 valence electrons. The van der Waals surface area contributed by atoms with Crippen LogP contribution in [0.5, 0.6) is 5.75 Å². The standard InChI is InChI=1S/C13H17BrN2O3/c1-15-7-3-2-4-11(15)9-19-13-6-5-10(14)8-12(13)16(17)18/h5-6,8,11H,2-4,7,9H2,1H3. The van der Waals surface area contributed by atoms with Gasteiger partial charge < -0.3 is 9.64 Å². The Bertz CT molecular complexity index is 467. The van der Waals surface area contributed by atoms with Crippen LogP contribution in [0.3, 0.4) is 0 Å². The van der Waals surface area contributed by atoms with Crippen molar-refractivity contribution in [2.75, 3.05) is 20.2 Å². The Labute approximate surface area is 120 Å². The van der Waals surface area contributed by atoms with Crippen LogP contribution < -0.4 is 4.74 Å². The highest BCUT2D eigenvalue weighted by atomic mass is 79.9. The number of likely N-dealkylation sites (tertiary alicyclic amines) is 1. The number of hydrogen-bond donors (Lipinski definition) is 0. The number of hydrogen-bond acceptors (Lipinski definition) is 4. The van der Waals surface area contributed by atoms with Crippen LogP contribution in [0.15, 0.2) is 22.7 Å². The first-order chi connectivity index (χ1) is 9.08. The van der Waals surface area contributed by atoms with Gasteiger partial charge in [0.25, 0.3) is 0 Å². The third-order valence-corrected chi connectivity index (χ3v) is 3.96. The number of rotatable bonds is 4. The minimum atomic E-state index is -0.412. The van der Waals surface area contributed by atoms with Crippen molar-refractivity contribution in [2.45, 2.75) is 25.3 Å². The van der Waals surface area contributed by atoms with Gasteiger partial charge in [0.2, 0.25) is 0 Å². The van der Waals surface area contributed by atoms with Crippen LogP contribution in [0, 0.1) is 10.1 Å². The van der Waals surface area contributed by atoms with E-state index in [0.29, 0.717) is 22.9 Å². The fraction of sp³-hybridized carbons (Fsp3) is 0.538. The van der Waals surface area contributed by atoms with Crippen LogP contribution in [0.25, 0.3) is 0 Å². The summed E-state index contributed by atoms with van der Waals surface area (Å²) in [6, 6.07) is 5.22. The number of ether oxygens (including phenoxy) is 1. The predicted octanol–water partition coefficient (Wildman–Crippen LogP) is 3.22. The molecule has 5 nitrogen and oxygen atoms in total. The molecule has 0 saturated carbocycles. The molecule has 1 aliphatic heterocycles. The number of nitrogens with zero attached hydrogens (tertiary/aromatic N) is 2. The molecule has 0 aliphatic carbocycles. The number of likely N-dealkylation sites (N-methyl/N-ethyl adjacent to an activating group) is 1. The molecule has 0 spiro atoms. The molecular weight excluding hydrogens is 312 g/mol. The highest BCUT2D eigenvalue weighted by Gasteiger charge is 2.21. The minimum Gasteiger partial charge on any atom is -0.485 e. The van der Waals surface area contributed by atoms with Crippen LogP contribution in [0.2, 0.25) is 0 Å². The Morgan fingerprint density at radius 3 is 3.00 bits per heavy atom. The van der Waals surface area contributed by atoms with Gasteiger partial charge in [-0.25, -0.2) is 0 Å². The maximum atomic E-state index is 11.0. The van der Waals surface area contributed by atoms with Crippen molar-refractivity contribution in [1.82, 2.24) is 4.90 Å². The van der Waals surface area contributed by atoms with E-state index in [0.717, 1.165) is 13.0 Å². The van der Waals surface area contributed by atoms with Gasteiger partial charge in [-0.3, -0.25) is 10.1 Å². The lowest BCUT2D eigenvalue weighted by atomic mass is 10.0. The molecule has 0 N–H and O–H groups in total. The Morgan fingerprint density at radius 1 is 1.53 bits per heavy atom. The summed E-state index contributed by atoms with van der Waals surface area (Å²) in [5.41, 5.74) is 0.00726. The van der Waals surface area contributed by atoms with Crippen molar-refractivity contribution in [1.29, 1.82) is 0 Å². The normalized spacial score (nSPS) is 20.2. The largest absolute Gasteiger partial charge is 0.485 e. The fourth-order valence-electron chi connectivity index (χ4n) is 2.30. The van der Waals surface area contributed by atoms with E-state index in [9.17, 15) is 10.1 Å². The maximum absolute atomic E-state index is 11.0. The molecule has 0 aromatic heterocycles. The number of halogens is 1. The molecule has 1 atom stereocenters. The Hall–Kier alpha value is -1.14. The molecule has 1 aromatic carbocycles. The Kier molecular flexibility index (Phi) is 4.76. The van der Waals surface area contributed by atoms with Gasteiger partial charge >= 0.3 is 5.69 Å². The van der Waals surface area contributed by atoms with E-state index >= 15 is 0 Å². The second-order valence-corrected chi connectivity index (χ2v) is 5.73. The smallest absolute Gasteiger partial charge is 0.312 e. The summed E-state index contributed by atoms with van der Waals surface area (Å²) in [6.07, 6.45) is 3.49. The maximum Gasteiger partial charge on any atom is 0.312 e. The third kappa shape index (κ3) is 3.67. The molecule has 0 radical (unpaired) electrons. The van der Waals surface area contributed by atoms with Gasteiger partial charge in [-0.15, -0.1) is 0 Å². The lowest BCUT2D eigenvalue weighted by Gasteiger charge is -2.32. The van der Waals surface area contributed by atoms with Gasteiger partial charge in [0.1, 0.15) is 6.61 Å². The van der Waals surface area contributed by atoms with E-state index in [2.05, 4.69) is 27.9 Å². The number of nitro benzene ring substituents is 1. The molecule has 1 aromatic rings. The molecule has 2 rings (SSSR count). The van der Waals surface area contributed by atoms with E-state index in [4.69, 9.17) is 4.74 Å². The Morgan fingerprint density at radius 2 is 2.32 bits per heavy atom. The van der Waals surface area contributed by atoms with Gasteiger partial charge in [-0.1, -0.05) is 22.4 Å². The summed E-state index contributed by atoms with van der Waals surface area (Å²) in [7, 11) is 2.07. The van der Waals surface area contributed by atoms with Crippen molar-refractivity contribution in [3.8, 4) is 5.75 Å². The summed E-state index contributed by atoms with van der Waals surface area (Å²) in [6.45, 7) is 1.56. The minimum absolute atomic E-state index is 0.00726. The number of nitro groups is 1. The van der Waals surface area contributed by atoms with Gasteiger partial charge in [0, 0.05) is 16.6 Å². The van der Waals surface area contributed by atoms with Crippen molar-refractivity contribution in [2.24, 2.45) is 0 Å². The number of piperidine rings is 1. The average Bonchev–Trinajstić information content (AvgIpc) is 2.38. The summed E-state index contributed by atoms with van der Waals surface area (Å²) in [4.78, 5) is 12.8. The molecule has 1 saturated heterocycles. The van der Waals surface area contributed by atoms with E-state index < -0.39 is 4.92 Å². The summed E-state index contributed by atoms with van der Waals surface area (Å²) in [5, 5.41) is 11.0. The van der Waals surface area contributed by atoms with Crippen LogP contribution in [-0.4, -0.2) is 36.1 Å². The van der Waals surface area contributed by atoms with Crippen LogP contribution in [-0.2, 0) is 0 Å². The SMILES string of the molecule is CN1CCCCC1COc1ccc(Br)cc1[N+](=O)[O-]. The molecule has 1 unspecified atom stereocenters. The first kappa shape index (κ1) is 14.3. The summed E-state index contributed by atoms with van der Waals surface area (Å²) >= 11 is 3.23. The zero-order chi connectivity index (χ0) is 13.8. The third-order valence-electron chi connectivity index (χ3n) is 3.47. The van der Waals surface area contributed by atoms with Crippen molar-refractivity contribution in [3.05, 3.63) is 32.8 Å². The van der Waals surface area contributed by atoms with Crippen LogP contribution in [0.1, 0.15) is 19.3 Å². The van der Waals surface area contributed by atoms with E-state index in [-0.39, 0.29) is 5.69 Å². The molecule has 0 amide bonds. The van der Waals surface area contributed by atoms with Crippen molar-refractivity contribution in [3.63, 3.8) is 0 Å². The second kappa shape index (κ2) is 6.34. The zero-order valence-corrected chi connectivity index (χ0v) is 12.4. The van der Waals surface area contributed by atoms with Gasteiger partial charge in [0.05, 0.1) is 4.92 Å². The first-order valence-electron chi connectivity index (χ1n) is 6.35. The van der Waals surface area contributed by atoms with Gasteiger partial charge in [0.15, 0.2) is 5.75 Å². The van der Waals surface area contributed by atoms with E-state index in [1.807, 2.05) is 0 Å². The highest BCUT2D eigenvalue weighted by Crippen LogP contribution is 2.30. The van der Waals surface area contributed by atoms with Crippen LogP contribution in [0.4, 0.5) is 5.69 Å². The average molecular weight is 329 g/mol. The van der Waals surface area contributed by atoms with Crippen molar-refractivity contribution < 1.29 is 9.66 Å². The summed E-state index contributed by atoms with van der Waals surface area (Å²) < 4.78 is 6.34. The summed E-state index contributed by atoms with van der Waals surface area (Å²) in [5.74, 6) is 0.340. The molecular formula is C13H17BrN2O3. The molecule has 19 heavy (non-hydrogen) atoms. The molecule has 1 heterocycles. The molecule has 0 bridgehead atoms. The van der Waals surface area contributed by atoms with Gasteiger partial charge in [-0.2, -0.15) is 0 Å². The molecule has 1 aliphatic rings. The van der Waals surface area contributed by atoms with E-state index in [1.54, 1.807) is 12.1 Å². The monoisotopic (exact) mass is 328 g/mol. The van der Waals surface area contributed by atoms with E-state index in [1.165, 1.54) is 18.9 Å². The topological polar surface area (TPSA) is 55.6 Å². The van der Waals surface area contributed by atoms with Crippen LogP contribution >= 0.6 is 15.9 Å². The second-order valence-electron chi connectivity index (χ2n) is 4.81. The Balaban J connectivity index is 2.04. The zero-order valence-electron chi connectivity index (χ0n) is 10.8. The molecule has 1 fully saturated rings. The van der Waals surface area contributed by atoms with Crippen molar-refractivity contribution >= 4 is 21.6 Å². The fourth-order valence-corrected chi connectivity index (χ4v) is 2.64. The predicted molar refractivity (Wildman–Crippen MR) is 76.6 cm³/mol. The lowest BCUT2D eigenvalue weighted by molar-refractivity contribution is -0.386. The number of benzene rings is 1. The first-order valence-corrected chi connectivity index (χ1v) is 7.14.